The van der Waals surface area contributed by atoms with Crippen molar-refractivity contribution >= 4 is 37.5 Å². The Bertz CT molecular complexity index is 1210. The van der Waals surface area contributed by atoms with Crippen molar-refractivity contribution in [1.82, 2.24) is 9.97 Å². The van der Waals surface area contributed by atoms with E-state index in [0.29, 0.717) is 16.7 Å². The van der Waals surface area contributed by atoms with Gasteiger partial charge in [0.05, 0.1) is 4.90 Å². The van der Waals surface area contributed by atoms with Crippen molar-refractivity contribution in [2.45, 2.75) is 4.90 Å². The Hall–Kier alpha value is -3.06. The van der Waals surface area contributed by atoms with Gasteiger partial charge in [-0.25, -0.2) is 8.42 Å². The molecule has 0 aliphatic heterocycles. The average molecular weight is 339 g/mol. The summed E-state index contributed by atoms with van der Waals surface area (Å²) < 4.78 is 27.4. The maximum Gasteiger partial charge on any atom is 0.272 e. The van der Waals surface area contributed by atoms with E-state index in [0.717, 1.165) is 10.8 Å². The monoisotopic (exact) mass is 339 g/mol. The van der Waals surface area contributed by atoms with Crippen LogP contribution >= 0.6 is 0 Å². The van der Waals surface area contributed by atoms with E-state index in [1.807, 2.05) is 0 Å². The Morgan fingerprint density at radius 2 is 1.71 bits per heavy atom. The van der Waals surface area contributed by atoms with Crippen molar-refractivity contribution in [3.05, 3.63) is 71.1 Å². The molecular weight excluding hydrogens is 326 g/mol. The predicted molar refractivity (Wildman–Crippen MR) is 93.7 cm³/mol. The molecule has 2 aromatic heterocycles. The van der Waals surface area contributed by atoms with Gasteiger partial charge in [-0.2, -0.15) is 0 Å². The molecule has 0 atom stereocenters. The van der Waals surface area contributed by atoms with Crippen LogP contribution in [0.4, 0.5) is 5.69 Å². The Morgan fingerprint density at radius 3 is 2.50 bits per heavy atom. The first-order chi connectivity index (χ1) is 11.5. The number of fused-ring (bicyclic) bond motifs is 3. The van der Waals surface area contributed by atoms with Crippen LogP contribution in [0.2, 0.25) is 0 Å². The minimum Gasteiger partial charge on any atom is -0.357 e. The minimum atomic E-state index is -3.66. The van der Waals surface area contributed by atoms with Crippen molar-refractivity contribution < 1.29 is 8.42 Å². The standard InChI is InChI=1S/C17H13N3O3S/c21-17-16-13(8-9-18-16)14-10-11(6-7-15(14)19-17)20-24(22,23)12-4-2-1-3-5-12/h1-10,18,20H,(H,19,21). The molecule has 6 nitrogen and oxygen atoms in total. The minimum absolute atomic E-state index is 0.193. The zero-order chi connectivity index (χ0) is 16.7. The molecule has 120 valence electrons. The number of sulfonamides is 1. The molecule has 4 aromatic rings. The van der Waals surface area contributed by atoms with Crippen molar-refractivity contribution in [1.29, 1.82) is 0 Å². The Labute approximate surface area is 137 Å². The summed E-state index contributed by atoms with van der Waals surface area (Å²) >= 11 is 0. The smallest absolute Gasteiger partial charge is 0.272 e. The summed E-state index contributed by atoms with van der Waals surface area (Å²) in [4.78, 5) is 17.8. The molecule has 3 N–H and O–H groups in total. The third-order valence-corrected chi connectivity index (χ3v) is 5.23. The Kier molecular flexibility index (Phi) is 3.17. The molecule has 0 aliphatic carbocycles. The summed E-state index contributed by atoms with van der Waals surface area (Å²) in [6.45, 7) is 0. The third kappa shape index (κ3) is 2.35. The largest absolute Gasteiger partial charge is 0.357 e. The zero-order valence-electron chi connectivity index (χ0n) is 12.4. The second kappa shape index (κ2) is 5.24. The van der Waals surface area contributed by atoms with Crippen LogP contribution in [0, 0.1) is 0 Å². The summed E-state index contributed by atoms with van der Waals surface area (Å²) in [6, 6.07) is 15.0. The second-order valence-electron chi connectivity index (χ2n) is 5.40. The van der Waals surface area contributed by atoms with Gasteiger partial charge in [-0.05, 0) is 36.4 Å². The van der Waals surface area contributed by atoms with E-state index in [1.165, 1.54) is 12.1 Å². The van der Waals surface area contributed by atoms with Gasteiger partial charge in [-0.15, -0.1) is 0 Å². The van der Waals surface area contributed by atoms with Gasteiger partial charge in [0, 0.05) is 28.2 Å². The number of nitrogens with one attached hydrogen (secondary N) is 3. The number of aromatic amines is 2. The fourth-order valence-electron chi connectivity index (χ4n) is 2.72. The molecular formula is C17H13N3O3S. The van der Waals surface area contributed by atoms with Crippen molar-refractivity contribution in [3.8, 4) is 0 Å². The van der Waals surface area contributed by atoms with E-state index in [1.54, 1.807) is 48.7 Å². The van der Waals surface area contributed by atoms with Crippen LogP contribution in [-0.4, -0.2) is 18.4 Å². The van der Waals surface area contributed by atoms with Crippen LogP contribution < -0.4 is 10.3 Å². The molecule has 0 saturated carbocycles. The third-order valence-electron chi connectivity index (χ3n) is 3.84. The first-order valence-corrected chi connectivity index (χ1v) is 8.74. The summed E-state index contributed by atoms with van der Waals surface area (Å²) in [5, 5.41) is 1.51. The average Bonchev–Trinajstić information content (AvgIpc) is 3.07. The van der Waals surface area contributed by atoms with Crippen LogP contribution in [0.1, 0.15) is 0 Å². The molecule has 2 aromatic carbocycles. The quantitative estimate of drug-likeness (QED) is 0.535. The fraction of sp³-hybridized carbons (Fsp3) is 0. The predicted octanol–water partition coefficient (Wildman–Crippen LogP) is 2.81. The highest BCUT2D eigenvalue weighted by Gasteiger charge is 2.14. The number of benzene rings is 2. The maximum absolute atomic E-state index is 12.4. The SMILES string of the molecule is O=c1[nH]c2ccc(NS(=O)(=O)c3ccccc3)cc2c2cc[nH]c12. The van der Waals surface area contributed by atoms with Gasteiger partial charge in [0.1, 0.15) is 5.52 Å². The molecule has 0 amide bonds. The van der Waals surface area contributed by atoms with E-state index in [4.69, 9.17) is 0 Å². The van der Waals surface area contributed by atoms with E-state index in [2.05, 4.69) is 14.7 Å². The maximum atomic E-state index is 12.4. The Balaban J connectivity index is 1.84. The number of pyridine rings is 1. The zero-order valence-corrected chi connectivity index (χ0v) is 13.2. The summed E-state index contributed by atoms with van der Waals surface area (Å²) in [5.41, 5.74) is 1.33. The Morgan fingerprint density at radius 1 is 0.917 bits per heavy atom. The molecule has 0 unspecified atom stereocenters. The van der Waals surface area contributed by atoms with Crippen molar-refractivity contribution in [2.75, 3.05) is 4.72 Å². The number of hydrogen-bond donors (Lipinski definition) is 3. The van der Waals surface area contributed by atoms with Gasteiger partial charge in [0.15, 0.2) is 0 Å². The highest BCUT2D eigenvalue weighted by atomic mass is 32.2. The van der Waals surface area contributed by atoms with E-state index < -0.39 is 10.0 Å². The molecule has 7 heteroatoms. The van der Waals surface area contributed by atoms with Gasteiger partial charge in [-0.3, -0.25) is 9.52 Å². The summed E-state index contributed by atoms with van der Waals surface area (Å²) in [7, 11) is -3.66. The lowest BCUT2D eigenvalue weighted by Gasteiger charge is -2.09. The topological polar surface area (TPSA) is 94.8 Å². The normalized spacial score (nSPS) is 11.8. The number of rotatable bonds is 3. The highest BCUT2D eigenvalue weighted by Crippen LogP contribution is 2.25. The van der Waals surface area contributed by atoms with E-state index >= 15 is 0 Å². The number of hydrogen-bond acceptors (Lipinski definition) is 3. The number of aromatic nitrogens is 2. The highest BCUT2D eigenvalue weighted by molar-refractivity contribution is 7.92. The van der Waals surface area contributed by atoms with Crippen LogP contribution in [-0.2, 0) is 10.0 Å². The van der Waals surface area contributed by atoms with Crippen LogP contribution in [0.5, 0.6) is 0 Å². The fourth-order valence-corrected chi connectivity index (χ4v) is 3.79. The molecule has 0 radical (unpaired) electrons. The van der Waals surface area contributed by atoms with Gasteiger partial charge in [0.25, 0.3) is 15.6 Å². The molecule has 4 rings (SSSR count). The first kappa shape index (κ1) is 14.5. The molecule has 0 saturated heterocycles. The molecule has 0 bridgehead atoms. The molecule has 24 heavy (non-hydrogen) atoms. The number of anilines is 1. The summed E-state index contributed by atoms with van der Waals surface area (Å²) in [5.74, 6) is 0. The second-order valence-corrected chi connectivity index (χ2v) is 7.08. The van der Waals surface area contributed by atoms with Crippen molar-refractivity contribution in [3.63, 3.8) is 0 Å². The van der Waals surface area contributed by atoms with Crippen LogP contribution in [0.3, 0.4) is 0 Å². The summed E-state index contributed by atoms with van der Waals surface area (Å²) in [6.07, 6.45) is 1.68. The lowest BCUT2D eigenvalue weighted by Crippen LogP contribution is -2.13. The molecule has 2 heterocycles. The van der Waals surface area contributed by atoms with E-state index in [-0.39, 0.29) is 10.5 Å². The van der Waals surface area contributed by atoms with Gasteiger partial charge >= 0.3 is 0 Å². The van der Waals surface area contributed by atoms with Gasteiger partial charge in [-0.1, -0.05) is 18.2 Å². The van der Waals surface area contributed by atoms with Crippen molar-refractivity contribution in [2.24, 2.45) is 0 Å². The van der Waals surface area contributed by atoms with Gasteiger partial charge < -0.3 is 9.97 Å². The van der Waals surface area contributed by atoms with Crippen LogP contribution in [0.25, 0.3) is 21.8 Å². The number of H-pyrrole nitrogens is 2. The first-order valence-electron chi connectivity index (χ1n) is 7.26. The molecule has 0 aliphatic rings. The molecule has 0 fully saturated rings. The van der Waals surface area contributed by atoms with E-state index in [9.17, 15) is 13.2 Å². The molecule has 0 spiro atoms. The lowest BCUT2D eigenvalue weighted by atomic mass is 10.1. The lowest BCUT2D eigenvalue weighted by molar-refractivity contribution is 0.601. The van der Waals surface area contributed by atoms with Crippen LogP contribution in [0.15, 0.2) is 70.5 Å². The van der Waals surface area contributed by atoms with Gasteiger partial charge in [0.2, 0.25) is 0 Å².